The fourth-order valence-corrected chi connectivity index (χ4v) is 0.907. The van der Waals surface area contributed by atoms with Crippen molar-refractivity contribution < 1.29 is 14.3 Å². The van der Waals surface area contributed by atoms with E-state index in [0.29, 0.717) is 6.42 Å². The summed E-state index contributed by atoms with van der Waals surface area (Å²) in [7, 11) is 1.54. The Labute approximate surface area is 90.4 Å². The molecule has 0 aromatic rings. The van der Waals surface area contributed by atoms with Crippen molar-refractivity contribution in [2.45, 2.75) is 45.3 Å². The lowest BCUT2D eigenvalue weighted by Gasteiger charge is -2.21. The minimum atomic E-state index is -0.735. The summed E-state index contributed by atoms with van der Waals surface area (Å²) < 4.78 is 5.07. The third-order valence-corrected chi connectivity index (χ3v) is 1.67. The van der Waals surface area contributed by atoms with E-state index < -0.39 is 17.6 Å². The molecule has 5 heteroatoms. The average Bonchev–Trinajstić information content (AvgIpc) is 2.10. The number of nitrogens with one attached hydrogen (secondary N) is 1. The molecule has 1 atom stereocenters. The molecule has 0 rings (SSSR count). The molecule has 0 aliphatic heterocycles. The van der Waals surface area contributed by atoms with Gasteiger partial charge in [-0.15, -0.1) is 0 Å². The summed E-state index contributed by atoms with van der Waals surface area (Å²) in [5.74, 6) is -0.597. The summed E-state index contributed by atoms with van der Waals surface area (Å²) in [5, 5.41) is 2.46. The van der Waals surface area contributed by atoms with Crippen molar-refractivity contribution in [3.8, 4) is 0 Å². The predicted molar refractivity (Wildman–Crippen MR) is 57.1 cm³/mol. The molecule has 0 radical (unpaired) electrons. The molecule has 15 heavy (non-hydrogen) atoms. The Morgan fingerprint density at radius 3 is 2.33 bits per heavy atom. The summed E-state index contributed by atoms with van der Waals surface area (Å²) in [6, 6.07) is -0.735. The van der Waals surface area contributed by atoms with Gasteiger partial charge in [0.25, 0.3) is 0 Å². The molecule has 0 fully saturated rings. The largest absolute Gasteiger partial charge is 0.459 e. The number of rotatable bonds is 4. The first-order valence-corrected chi connectivity index (χ1v) is 4.95. The standard InChI is InChI=1S/C10H20N2O3/c1-10(2,3)15-9(14)7(11)5-6-8(13)12-4/h7H,5-6,11H2,1-4H3,(H,12,13)/t7-/m0/s1. The first kappa shape index (κ1) is 13.9. The van der Waals surface area contributed by atoms with E-state index in [-0.39, 0.29) is 12.3 Å². The molecule has 0 aromatic carbocycles. The van der Waals surface area contributed by atoms with Gasteiger partial charge >= 0.3 is 5.97 Å². The van der Waals surface area contributed by atoms with Crippen LogP contribution in [-0.2, 0) is 14.3 Å². The van der Waals surface area contributed by atoms with Crippen molar-refractivity contribution in [1.82, 2.24) is 5.32 Å². The van der Waals surface area contributed by atoms with Crippen LogP contribution in [-0.4, -0.2) is 30.6 Å². The van der Waals surface area contributed by atoms with Crippen LogP contribution in [0.2, 0.25) is 0 Å². The van der Waals surface area contributed by atoms with Gasteiger partial charge in [0, 0.05) is 13.5 Å². The zero-order valence-corrected chi connectivity index (χ0v) is 9.79. The summed E-state index contributed by atoms with van der Waals surface area (Å²) >= 11 is 0. The molecule has 0 aliphatic carbocycles. The van der Waals surface area contributed by atoms with Crippen LogP contribution in [0, 0.1) is 0 Å². The third-order valence-electron chi connectivity index (χ3n) is 1.67. The van der Waals surface area contributed by atoms with Crippen LogP contribution in [0.1, 0.15) is 33.6 Å². The Morgan fingerprint density at radius 1 is 1.40 bits per heavy atom. The number of carbonyl (C=O) groups excluding carboxylic acids is 2. The molecular weight excluding hydrogens is 196 g/mol. The molecule has 0 saturated carbocycles. The molecule has 0 bridgehead atoms. The van der Waals surface area contributed by atoms with Crippen LogP contribution >= 0.6 is 0 Å². The minimum absolute atomic E-state index is 0.131. The second-order valence-corrected chi connectivity index (χ2v) is 4.35. The van der Waals surface area contributed by atoms with E-state index in [0.717, 1.165) is 0 Å². The average molecular weight is 216 g/mol. The van der Waals surface area contributed by atoms with Crippen molar-refractivity contribution >= 4 is 11.9 Å². The van der Waals surface area contributed by atoms with Gasteiger partial charge < -0.3 is 15.8 Å². The number of hydrogen-bond acceptors (Lipinski definition) is 4. The van der Waals surface area contributed by atoms with Crippen LogP contribution in [0.15, 0.2) is 0 Å². The normalized spacial score (nSPS) is 13.1. The van der Waals surface area contributed by atoms with Crippen molar-refractivity contribution in [3.63, 3.8) is 0 Å². The highest BCUT2D eigenvalue weighted by molar-refractivity contribution is 5.79. The fourth-order valence-electron chi connectivity index (χ4n) is 0.907. The quantitative estimate of drug-likeness (QED) is 0.657. The number of ether oxygens (including phenoxy) is 1. The third kappa shape index (κ3) is 6.90. The minimum Gasteiger partial charge on any atom is -0.459 e. The molecule has 1 amide bonds. The lowest BCUT2D eigenvalue weighted by molar-refractivity contribution is -0.156. The van der Waals surface area contributed by atoms with E-state index in [9.17, 15) is 9.59 Å². The molecule has 3 N–H and O–H groups in total. The van der Waals surface area contributed by atoms with E-state index in [1.165, 1.54) is 0 Å². The van der Waals surface area contributed by atoms with Gasteiger partial charge in [0.15, 0.2) is 0 Å². The molecular formula is C10H20N2O3. The lowest BCUT2D eigenvalue weighted by atomic mass is 10.1. The van der Waals surface area contributed by atoms with E-state index in [1.807, 2.05) is 0 Å². The van der Waals surface area contributed by atoms with Crippen molar-refractivity contribution in [2.75, 3.05) is 7.05 Å². The van der Waals surface area contributed by atoms with Crippen molar-refractivity contribution in [3.05, 3.63) is 0 Å². The van der Waals surface area contributed by atoms with Gasteiger partial charge in [-0.1, -0.05) is 0 Å². The monoisotopic (exact) mass is 216 g/mol. The number of nitrogens with two attached hydrogens (primary N) is 1. The molecule has 88 valence electrons. The molecule has 0 saturated heterocycles. The molecule has 0 spiro atoms. The van der Waals surface area contributed by atoms with E-state index in [4.69, 9.17) is 10.5 Å². The molecule has 0 aromatic heterocycles. The molecule has 0 aliphatic rings. The van der Waals surface area contributed by atoms with E-state index >= 15 is 0 Å². The Morgan fingerprint density at radius 2 is 1.93 bits per heavy atom. The smallest absolute Gasteiger partial charge is 0.323 e. The van der Waals surface area contributed by atoms with Crippen LogP contribution in [0.25, 0.3) is 0 Å². The second-order valence-electron chi connectivity index (χ2n) is 4.35. The number of hydrogen-bond donors (Lipinski definition) is 2. The van der Waals surface area contributed by atoms with Crippen molar-refractivity contribution in [2.24, 2.45) is 5.73 Å². The maximum absolute atomic E-state index is 11.4. The molecule has 5 nitrogen and oxygen atoms in total. The van der Waals surface area contributed by atoms with Crippen LogP contribution in [0.3, 0.4) is 0 Å². The molecule has 0 unspecified atom stereocenters. The first-order valence-electron chi connectivity index (χ1n) is 4.95. The summed E-state index contributed by atoms with van der Waals surface area (Å²) in [5.41, 5.74) is 5.03. The van der Waals surface area contributed by atoms with Crippen LogP contribution in [0.5, 0.6) is 0 Å². The van der Waals surface area contributed by atoms with Gasteiger partial charge in [0.2, 0.25) is 5.91 Å². The number of carbonyl (C=O) groups is 2. The first-order chi connectivity index (χ1) is 6.76. The second kappa shape index (κ2) is 5.70. The Hall–Kier alpha value is -1.10. The summed E-state index contributed by atoms with van der Waals surface area (Å²) in [6.07, 6.45) is 0.533. The van der Waals surface area contributed by atoms with Crippen LogP contribution in [0.4, 0.5) is 0 Å². The molecule has 0 heterocycles. The maximum Gasteiger partial charge on any atom is 0.323 e. The van der Waals surface area contributed by atoms with Gasteiger partial charge in [-0.25, -0.2) is 0 Å². The highest BCUT2D eigenvalue weighted by Crippen LogP contribution is 2.09. The SMILES string of the molecule is CNC(=O)CC[C@H](N)C(=O)OC(C)(C)C. The lowest BCUT2D eigenvalue weighted by Crippen LogP contribution is -2.38. The van der Waals surface area contributed by atoms with Crippen molar-refractivity contribution in [1.29, 1.82) is 0 Å². The number of amides is 1. The maximum atomic E-state index is 11.4. The Balaban J connectivity index is 3.95. The van der Waals surface area contributed by atoms with Gasteiger partial charge in [0.1, 0.15) is 11.6 Å². The summed E-state index contributed by atoms with van der Waals surface area (Å²) in [4.78, 5) is 22.3. The van der Waals surface area contributed by atoms with E-state index in [2.05, 4.69) is 5.32 Å². The van der Waals surface area contributed by atoms with E-state index in [1.54, 1.807) is 27.8 Å². The van der Waals surface area contributed by atoms with Crippen LogP contribution < -0.4 is 11.1 Å². The fraction of sp³-hybridized carbons (Fsp3) is 0.800. The predicted octanol–water partition coefficient (Wildman–Crippen LogP) is 0.182. The van der Waals surface area contributed by atoms with Gasteiger partial charge in [-0.2, -0.15) is 0 Å². The van der Waals surface area contributed by atoms with Gasteiger partial charge in [-0.05, 0) is 27.2 Å². The Kier molecular flexibility index (Phi) is 5.28. The van der Waals surface area contributed by atoms with Gasteiger partial charge in [0.05, 0.1) is 0 Å². The summed E-state index contributed by atoms with van der Waals surface area (Å²) in [6.45, 7) is 5.32. The zero-order valence-electron chi connectivity index (χ0n) is 9.79. The highest BCUT2D eigenvalue weighted by atomic mass is 16.6. The topological polar surface area (TPSA) is 81.4 Å². The zero-order chi connectivity index (χ0) is 12.1. The Bertz CT molecular complexity index is 233. The number of esters is 1. The van der Waals surface area contributed by atoms with Gasteiger partial charge in [-0.3, -0.25) is 9.59 Å². The highest BCUT2D eigenvalue weighted by Gasteiger charge is 2.22.